The third-order valence-electron chi connectivity index (χ3n) is 3.60. The van der Waals surface area contributed by atoms with E-state index in [2.05, 4.69) is 16.8 Å². The Kier molecular flexibility index (Phi) is 4.83. The Morgan fingerprint density at radius 3 is 2.37 bits per heavy atom. The summed E-state index contributed by atoms with van der Waals surface area (Å²) in [5.41, 5.74) is 1.10. The highest BCUT2D eigenvalue weighted by Crippen LogP contribution is 2.25. The van der Waals surface area contributed by atoms with Crippen molar-refractivity contribution in [1.82, 2.24) is 4.98 Å². The van der Waals surface area contributed by atoms with Crippen LogP contribution in [0.2, 0.25) is 0 Å². The molecule has 0 saturated carbocycles. The first-order chi connectivity index (χ1) is 12.7. The van der Waals surface area contributed by atoms with E-state index in [1.54, 1.807) is 12.3 Å². The lowest BCUT2D eigenvalue weighted by molar-refractivity contribution is -0.0696. The highest BCUT2D eigenvalue weighted by molar-refractivity contribution is 5.86. The molecule has 3 rings (SSSR count). The van der Waals surface area contributed by atoms with Crippen molar-refractivity contribution in [3.8, 4) is 23.7 Å². The first-order valence-corrected chi connectivity index (χ1v) is 7.69. The van der Waals surface area contributed by atoms with Gasteiger partial charge in [0.2, 0.25) is 0 Å². The average Bonchev–Trinajstić information content (AvgIpc) is 2.60. The maximum atomic E-state index is 14.4. The Labute approximate surface area is 151 Å². The zero-order valence-corrected chi connectivity index (χ0v) is 13.9. The Morgan fingerprint density at radius 2 is 1.70 bits per heavy atom. The van der Waals surface area contributed by atoms with Crippen molar-refractivity contribution >= 4 is 10.8 Å². The van der Waals surface area contributed by atoms with Crippen molar-refractivity contribution in [2.24, 2.45) is 0 Å². The van der Waals surface area contributed by atoms with Gasteiger partial charge in [-0.25, -0.2) is 13.8 Å². The van der Waals surface area contributed by atoms with Gasteiger partial charge in [-0.15, -0.1) is 0 Å². The summed E-state index contributed by atoms with van der Waals surface area (Å²) < 4.78 is 64.9. The number of halogens is 5. The predicted octanol–water partition coefficient (Wildman–Crippen LogP) is 5.14. The lowest BCUT2D eigenvalue weighted by atomic mass is 10.0. The second kappa shape index (κ2) is 7.09. The Bertz CT molecular complexity index is 1140. The van der Waals surface area contributed by atoms with Crippen LogP contribution in [0, 0.1) is 42.2 Å². The fourth-order valence-electron chi connectivity index (χ4n) is 2.33. The standard InChI is InChI=1S/C21H10F5N/c1-13-2-5-16(27-12-13)6-3-14-4-7-17-15(10-14)11-19(22)18(20(17)23)8-9-21(24,25)26/h2,4-5,7,10-12H,1H3. The smallest absolute Gasteiger partial charge is 0.248 e. The number of rotatable bonds is 0. The number of hydrogen-bond acceptors (Lipinski definition) is 1. The molecule has 0 aliphatic rings. The lowest BCUT2D eigenvalue weighted by Gasteiger charge is -2.04. The van der Waals surface area contributed by atoms with Gasteiger partial charge >= 0.3 is 6.18 Å². The number of aromatic nitrogens is 1. The van der Waals surface area contributed by atoms with Crippen molar-refractivity contribution in [2.75, 3.05) is 0 Å². The van der Waals surface area contributed by atoms with Crippen LogP contribution in [0.4, 0.5) is 22.0 Å². The molecule has 0 saturated heterocycles. The molecule has 0 N–H and O–H groups in total. The minimum absolute atomic E-state index is 0.0399. The van der Waals surface area contributed by atoms with Crippen molar-refractivity contribution in [2.45, 2.75) is 13.1 Å². The normalized spacial score (nSPS) is 10.7. The van der Waals surface area contributed by atoms with Gasteiger partial charge in [0.25, 0.3) is 0 Å². The highest BCUT2D eigenvalue weighted by Gasteiger charge is 2.23. The summed E-state index contributed by atoms with van der Waals surface area (Å²) in [4.78, 5) is 4.14. The van der Waals surface area contributed by atoms with E-state index in [0.29, 0.717) is 11.3 Å². The molecule has 1 aromatic heterocycles. The van der Waals surface area contributed by atoms with Crippen LogP contribution in [0.3, 0.4) is 0 Å². The largest absolute Gasteiger partial charge is 0.458 e. The topological polar surface area (TPSA) is 12.9 Å². The molecule has 6 heteroatoms. The molecule has 3 aromatic rings. The van der Waals surface area contributed by atoms with Crippen LogP contribution < -0.4 is 0 Å². The van der Waals surface area contributed by atoms with Gasteiger partial charge in [-0.3, -0.25) is 0 Å². The van der Waals surface area contributed by atoms with Crippen LogP contribution >= 0.6 is 0 Å². The first kappa shape index (κ1) is 18.4. The van der Waals surface area contributed by atoms with Gasteiger partial charge in [0.1, 0.15) is 17.3 Å². The molecule has 1 heterocycles. The van der Waals surface area contributed by atoms with Gasteiger partial charge in [-0.05, 0) is 48.1 Å². The van der Waals surface area contributed by atoms with E-state index < -0.39 is 23.4 Å². The SMILES string of the molecule is Cc1ccc(C#Cc2ccc3c(F)c(C#CC(F)(F)F)c(F)cc3c2)nc1. The summed E-state index contributed by atoms with van der Waals surface area (Å²) in [7, 11) is 0. The monoisotopic (exact) mass is 371 g/mol. The van der Waals surface area contributed by atoms with Gasteiger partial charge in [-0.1, -0.05) is 24.0 Å². The second-order valence-electron chi connectivity index (χ2n) is 5.70. The van der Waals surface area contributed by atoms with E-state index in [-0.39, 0.29) is 10.8 Å². The fourth-order valence-corrected chi connectivity index (χ4v) is 2.33. The maximum absolute atomic E-state index is 14.4. The molecule has 0 amide bonds. The Balaban J connectivity index is 2.02. The molecule has 0 fully saturated rings. The first-order valence-electron chi connectivity index (χ1n) is 7.69. The van der Waals surface area contributed by atoms with Crippen LogP contribution in [-0.4, -0.2) is 11.2 Å². The zero-order chi connectivity index (χ0) is 19.6. The Hall–Kier alpha value is -3.38. The van der Waals surface area contributed by atoms with Gasteiger partial charge in [0, 0.05) is 23.1 Å². The van der Waals surface area contributed by atoms with E-state index in [0.717, 1.165) is 17.6 Å². The summed E-state index contributed by atoms with van der Waals surface area (Å²) in [6.45, 7) is 1.89. The summed E-state index contributed by atoms with van der Waals surface area (Å²) in [6, 6.07) is 8.80. The number of pyridine rings is 1. The molecular weight excluding hydrogens is 361 g/mol. The molecular formula is C21H10F5N. The summed E-state index contributed by atoms with van der Waals surface area (Å²) in [6.07, 6.45) is -3.17. The molecule has 0 aliphatic carbocycles. The van der Waals surface area contributed by atoms with E-state index in [1.807, 2.05) is 13.0 Å². The molecule has 0 aliphatic heterocycles. The number of hydrogen-bond donors (Lipinski definition) is 0. The van der Waals surface area contributed by atoms with Crippen LogP contribution in [0.25, 0.3) is 10.8 Å². The van der Waals surface area contributed by atoms with E-state index >= 15 is 0 Å². The molecule has 0 unspecified atom stereocenters. The summed E-state index contributed by atoms with van der Waals surface area (Å²) in [5, 5.41) is 0.133. The average molecular weight is 371 g/mol. The minimum atomic E-state index is -4.84. The minimum Gasteiger partial charge on any atom is -0.248 e. The molecule has 1 nitrogen and oxygen atoms in total. The van der Waals surface area contributed by atoms with E-state index in [1.165, 1.54) is 24.1 Å². The fraction of sp³-hybridized carbons (Fsp3) is 0.0952. The molecule has 0 radical (unpaired) electrons. The molecule has 2 aromatic carbocycles. The third kappa shape index (κ3) is 4.43. The van der Waals surface area contributed by atoms with Gasteiger partial charge in [-0.2, -0.15) is 13.2 Å². The number of aryl methyl sites for hydroxylation is 1. The summed E-state index contributed by atoms with van der Waals surface area (Å²) >= 11 is 0. The molecule has 0 atom stereocenters. The Morgan fingerprint density at radius 1 is 0.926 bits per heavy atom. The zero-order valence-electron chi connectivity index (χ0n) is 13.9. The quantitative estimate of drug-likeness (QED) is 0.394. The third-order valence-corrected chi connectivity index (χ3v) is 3.60. The number of benzene rings is 2. The van der Waals surface area contributed by atoms with E-state index in [4.69, 9.17) is 0 Å². The van der Waals surface area contributed by atoms with Crippen LogP contribution in [0.15, 0.2) is 42.6 Å². The summed E-state index contributed by atoms with van der Waals surface area (Å²) in [5.74, 6) is 5.77. The predicted molar refractivity (Wildman–Crippen MR) is 91.8 cm³/mol. The van der Waals surface area contributed by atoms with Crippen LogP contribution in [0.1, 0.15) is 22.4 Å². The molecule has 0 bridgehead atoms. The van der Waals surface area contributed by atoms with Crippen molar-refractivity contribution < 1.29 is 22.0 Å². The molecule has 0 spiro atoms. The van der Waals surface area contributed by atoms with Crippen LogP contribution in [-0.2, 0) is 0 Å². The highest BCUT2D eigenvalue weighted by atomic mass is 19.4. The maximum Gasteiger partial charge on any atom is 0.458 e. The second-order valence-corrected chi connectivity index (χ2v) is 5.70. The lowest BCUT2D eigenvalue weighted by Crippen LogP contribution is -2.02. The number of nitrogens with zero attached hydrogens (tertiary/aromatic N) is 1. The van der Waals surface area contributed by atoms with Crippen molar-refractivity contribution in [3.63, 3.8) is 0 Å². The van der Waals surface area contributed by atoms with Gasteiger partial charge < -0.3 is 0 Å². The van der Waals surface area contributed by atoms with Crippen molar-refractivity contribution in [1.29, 1.82) is 0 Å². The van der Waals surface area contributed by atoms with Crippen molar-refractivity contribution in [3.05, 3.63) is 76.6 Å². The molecule has 134 valence electrons. The van der Waals surface area contributed by atoms with Crippen LogP contribution in [0.5, 0.6) is 0 Å². The number of alkyl halides is 3. The molecule has 27 heavy (non-hydrogen) atoms. The van der Waals surface area contributed by atoms with E-state index in [9.17, 15) is 22.0 Å². The number of fused-ring (bicyclic) bond motifs is 1. The van der Waals surface area contributed by atoms with Gasteiger partial charge in [0.05, 0.1) is 5.56 Å². The van der Waals surface area contributed by atoms with Gasteiger partial charge in [0.15, 0.2) is 0 Å².